The van der Waals surface area contributed by atoms with Gasteiger partial charge in [0.15, 0.2) is 11.5 Å². The molecule has 0 fully saturated rings. The van der Waals surface area contributed by atoms with Crippen molar-refractivity contribution in [2.24, 2.45) is 0 Å². The van der Waals surface area contributed by atoms with Gasteiger partial charge in [0.05, 0.1) is 0 Å². The number of carboxylic acid groups (broad SMARTS) is 1. The zero-order valence-electron chi connectivity index (χ0n) is 10.1. The molecule has 1 heterocycles. The number of aromatic carboxylic acids is 1. The minimum atomic E-state index is -4.33. The van der Waals surface area contributed by atoms with Gasteiger partial charge in [-0.3, -0.25) is 4.72 Å². The highest BCUT2D eigenvalue weighted by Crippen LogP contribution is 2.22. The van der Waals surface area contributed by atoms with E-state index in [0.717, 1.165) is 24.5 Å². The predicted molar refractivity (Wildman–Crippen MR) is 73.9 cm³/mol. The maximum absolute atomic E-state index is 13.7. The maximum atomic E-state index is 13.7. The molecule has 1 aromatic heterocycles. The Hall–Kier alpha value is -2.07. The summed E-state index contributed by atoms with van der Waals surface area (Å²) in [7, 11) is -4.33. The molecule has 110 valence electrons. The van der Waals surface area contributed by atoms with Crippen molar-refractivity contribution in [3.63, 3.8) is 0 Å². The van der Waals surface area contributed by atoms with E-state index in [0.29, 0.717) is 4.47 Å². The zero-order chi connectivity index (χ0) is 15.6. The van der Waals surface area contributed by atoms with Crippen molar-refractivity contribution < 1.29 is 22.7 Å². The van der Waals surface area contributed by atoms with Crippen LogP contribution in [0.25, 0.3) is 0 Å². The first-order valence-electron chi connectivity index (χ1n) is 5.33. The number of nitrogens with zero attached hydrogens (tertiary/aromatic N) is 2. The molecule has 2 rings (SSSR count). The summed E-state index contributed by atoms with van der Waals surface area (Å²) in [5.41, 5.74) is -0.585. The van der Waals surface area contributed by atoms with Crippen LogP contribution in [-0.4, -0.2) is 29.5 Å². The quantitative estimate of drug-likeness (QED) is 0.843. The lowest BCUT2D eigenvalue weighted by molar-refractivity contribution is 0.0691. The highest BCUT2D eigenvalue weighted by molar-refractivity contribution is 9.10. The van der Waals surface area contributed by atoms with Crippen LogP contribution in [0.2, 0.25) is 0 Å². The normalized spacial score (nSPS) is 11.1. The summed E-state index contributed by atoms with van der Waals surface area (Å²) in [6.07, 6.45) is 2.21. The van der Waals surface area contributed by atoms with Crippen LogP contribution < -0.4 is 4.72 Å². The van der Waals surface area contributed by atoms with Crippen molar-refractivity contribution in [1.29, 1.82) is 0 Å². The molecular formula is C11H7BrFN3O4S. The smallest absolute Gasteiger partial charge is 0.358 e. The lowest BCUT2D eigenvalue weighted by Gasteiger charge is -2.09. The molecule has 7 nitrogen and oxygen atoms in total. The first-order valence-corrected chi connectivity index (χ1v) is 7.61. The molecule has 0 aliphatic rings. The van der Waals surface area contributed by atoms with Crippen LogP contribution in [0.3, 0.4) is 0 Å². The van der Waals surface area contributed by atoms with Crippen LogP contribution in [-0.2, 0) is 10.0 Å². The van der Waals surface area contributed by atoms with Crippen LogP contribution in [0.4, 0.5) is 10.2 Å². The molecule has 0 aliphatic heterocycles. The van der Waals surface area contributed by atoms with E-state index >= 15 is 0 Å². The van der Waals surface area contributed by atoms with E-state index in [1.165, 1.54) is 6.07 Å². The van der Waals surface area contributed by atoms with E-state index in [1.54, 1.807) is 0 Å². The summed E-state index contributed by atoms with van der Waals surface area (Å²) in [5, 5.41) is 8.91. The van der Waals surface area contributed by atoms with E-state index in [4.69, 9.17) is 5.11 Å². The molecule has 10 heteroatoms. The molecule has 0 aliphatic carbocycles. The van der Waals surface area contributed by atoms with Gasteiger partial charge in [0.25, 0.3) is 10.0 Å². The summed E-state index contributed by atoms with van der Waals surface area (Å²) >= 11 is 3.01. The van der Waals surface area contributed by atoms with Gasteiger partial charge in [-0.25, -0.2) is 27.6 Å². The number of benzene rings is 1. The van der Waals surface area contributed by atoms with E-state index in [-0.39, 0.29) is 0 Å². The second kappa shape index (κ2) is 5.74. The molecule has 0 spiro atoms. The first-order chi connectivity index (χ1) is 9.81. The second-order valence-corrected chi connectivity index (χ2v) is 6.31. The zero-order valence-corrected chi connectivity index (χ0v) is 12.5. The Morgan fingerprint density at radius 1 is 1.29 bits per heavy atom. The predicted octanol–water partition coefficient (Wildman–Crippen LogP) is 1.88. The molecule has 2 N–H and O–H groups in total. The Morgan fingerprint density at radius 2 is 1.95 bits per heavy atom. The topological polar surface area (TPSA) is 109 Å². The van der Waals surface area contributed by atoms with Gasteiger partial charge >= 0.3 is 5.97 Å². The van der Waals surface area contributed by atoms with Gasteiger partial charge in [0.2, 0.25) is 0 Å². The molecule has 1 aromatic carbocycles. The summed E-state index contributed by atoms with van der Waals surface area (Å²) < 4.78 is 40.1. The van der Waals surface area contributed by atoms with E-state index in [9.17, 15) is 17.6 Å². The Labute approximate surface area is 127 Å². The van der Waals surface area contributed by atoms with Gasteiger partial charge in [-0.05, 0) is 18.2 Å². The molecule has 2 aromatic rings. The van der Waals surface area contributed by atoms with Crippen molar-refractivity contribution in [2.75, 3.05) is 4.72 Å². The van der Waals surface area contributed by atoms with Crippen molar-refractivity contribution in [1.82, 2.24) is 9.97 Å². The van der Waals surface area contributed by atoms with Gasteiger partial charge in [-0.1, -0.05) is 15.9 Å². The third-order valence-electron chi connectivity index (χ3n) is 2.32. The average Bonchev–Trinajstić information content (AvgIpc) is 2.37. The van der Waals surface area contributed by atoms with Gasteiger partial charge in [0, 0.05) is 16.9 Å². The lowest BCUT2D eigenvalue weighted by atomic mass is 10.3. The minimum Gasteiger partial charge on any atom is -0.476 e. The summed E-state index contributed by atoms with van der Waals surface area (Å²) in [6, 6.07) is 3.36. The summed E-state index contributed by atoms with van der Waals surface area (Å²) in [4.78, 5) is 17.4. The van der Waals surface area contributed by atoms with E-state index < -0.39 is 38.2 Å². The number of anilines is 1. The third kappa shape index (κ3) is 3.34. The molecule has 0 bridgehead atoms. The second-order valence-electron chi connectivity index (χ2n) is 3.74. The molecule has 21 heavy (non-hydrogen) atoms. The highest BCUT2D eigenvalue weighted by atomic mass is 79.9. The van der Waals surface area contributed by atoms with Crippen LogP contribution in [0.1, 0.15) is 10.5 Å². The standard InChI is InChI=1S/C11H7BrFN3O4S/c12-6-1-2-8(7(13)5-6)21(19,20)16-10-9(11(17)18)14-3-4-15-10/h1-5H,(H,15,16)(H,17,18). The van der Waals surface area contributed by atoms with Gasteiger partial charge in [0.1, 0.15) is 10.7 Å². The molecular weight excluding hydrogens is 369 g/mol. The molecule has 0 amide bonds. The van der Waals surface area contributed by atoms with E-state index in [1.807, 2.05) is 4.72 Å². The molecule has 0 unspecified atom stereocenters. The van der Waals surface area contributed by atoms with Crippen LogP contribution >= 0.6 is 15.9 Å². The molecule has 0 radical (unpaired) electrons. The summed E-state index contributed by atoms with van der Waals surface area (Å²) in [5.74, 6) is -2.94. The number of aromatic nitrogens is 2. The number of carbonyl (C=O) groups is 1. The number of sulfonamides is 1. The van der Waals surface area contributed by atoms with Crippen molar-refractivity contribution in [2.45, 2.75) is 4.90 Å². The van der Waals surface area contributed by atoms with Gasteiger partial charge < -0.3 is 5.11 Å². The van der Waals surface area contributed by atoms with E-state index in [2.05, 4.69) is 25.9 Å². The Balaban J connectivity index is 2.45. The number of hydrogen-bond acceptors (Lipinski definition) is 5. The monoisotopic (exact) mass is 375 g/mol. The maximum Gasteiger partial charge on any atom is 0.358 e. The number of carboxylic acids is 1. The molecule has 0 saturated heterocycles. The number of hydrogen-bond donors (Lipinski definition) is 2. The Kier molecular flexibility index (Phi) is 4.19. The fourth-order valence-corrected chi connectivity index (χ4v) is 2.85. The lowest BCUT2D eigenvalue weighted by Crippen LogP contribution is -2.18. The number of rotatable bonds is 4. The van der Waals surface area contributed by atoms with Crippen LogP contribution in [0, 0.1) is 5.82 Å². The summed E-state index contributed by atoms with van der Waals surface area (Å²) in [6.45, 7) is 0. The molecule has 0 saturated carbocycles. The Morgan fingerprint density at radius 3 is 2.57 bits per heavy atom. The van der Waals surface area contributed by atoms with Crippen molar-refractivity contribution in [3.8, 4) is 0 Å². The largest absolute Gasteiger partial charge is 0.476 e. The molecule has 0 atom stereocenters. The van der Waals surface area contributed by atoms with Crippen molar-refractivity contribution in [3.05, 3.63) is 46.6 Å². The first kappa shape index (κ1) is 15.3. The third-order valence-corrected chi connectivity index (χ3v) is 4.18. The van der Waals surface area contributed by atoms with Gasteiger partial charge in [-0.15, -0.1) is 0 Å². The fraction of sp³-hybridized carbons (Fsp3) is 0. The number of nitrogens with one attached hydrogen (secondary N) is 1. The average molecular weight is 376 g/mol. The SMILES string of the molecule is O=C(O)c1nccnc1NS(=O)(=O)c1ccc(Br)cc1F. The minimum absolute atomic E-state index is 0.365. The van der Waals surface area contributed by atoms with Crippen LogP contribution in [0.5, 0.6) is 0 Å². The number of halogens is 2. The van der Waals surface area contributed by atoms with Gasteiger partial charge in [-0.2, -0.15) is 0 Å². The van der Waals surface area contributed by atoms with Crippen LogP contribution in [0.15, 0.2) is 40.0 Å². The highest BCUT2D eigenvalue weighted by Gasteiger charge is 2.23. The van der Waals surface area contributed by atoms with Crippen molar-refractivity contribution >= 4 is 37.7 Å². The Bertz CT molecular complexity index is 813. The fourth-order valence-electron chi connectivity index (χ4n) is 1.44.